The van der Waals surface area contributed by atoms with Crippen molar-refractivity contribution in [3.63, 3.8) is 0 Å². The van der Waals surface area contributed by atoms with Gasteiger partial charge in [0.15, 0.2) is 0 Å². The van der Waals surface area contributed by atoms with E-state index < -0.39 is 11.6 Å². The summed E-state index contributed by atoms with van der Waals surface area (Å²) in [5.74, 6) is -0.480. The van der Waals surface area contributed by atoms with Gasteiger partial charge in [-0.15, -0.1) is 0 Å². The Hall–Kier alpha value is -2.37. The molecule has 0 spiro atoms. The van der Waals surface area contributed by atoms with Crippen LogP contribution in [0.5, 0.6) is 0 Å². The number of urea groups is 1. The number of amides is 4. The third-order valence-electron chi connectivity index (χ3n) is 4.67. The summed E-state index contributed by atoms with van der Waals surface area (Å²) in [6.07, 6.45) is 2.66. The number of imide groups is 1. The van der Waals surface area contributed by atoms with Crippen LogP contribution in [-0.2, 0) is 16.0 Å². The average Bonchev–Trinajstić information content (AvgIpc) is 3.34. The van der Waals surface area contributed by atoms with Crippen molar-refractivity contribution in [3.8, 4) is 0 Å². The van der Waals surface area contributed by atoms with E-state index in [0.29, 0.717) is 0 Å². The Bertz CT molecular complexity index is 669. The van der Waals surface area contributed by atoms with Gasteiger partial charge < -0.3 is 10.6 Å². The molecule has 122 valence electrons. The van der Waals surface area contributed by atoms with Crippen molar-refractivity contribution in [2.75, 3.05) is 11.9 Å². The van der Waals surface area contributed by atoms with Crippen LogP contribution in [0.2, 0.25) is 0 Å². The normalized spacial score (nSPS) is 23.8. The van der Waals surface area contributed by atoms with Gasteiger partial charge >= 0.3 is 6.03 Å². The molecule has 1 atom stereocenters. The smallest absolute Gasteiger partial charge is 0.324 e. The van der Waals surface area contributed by atoms with E-state index in [1.807, 2.05) is 31.2 Å². The van der Waals surface area contributed by atoms with E-state index in [4.69, 9.17) is 0 Å². The highest BCUT2D eigenvalue weighted by atomic mass is 16.2. The zero-order chi connectivity index (χ0) is 16.6. The molecule has 2 aliphatic rings. The first-order chi connectivity index (χ1) is 11.0. The van der Waals surface area contributed by atoms with Gasteiger partial charge in [-0.3, -0.25) is 14.5 Å². The lowest BCUT2D eigenvalue weighted by molar-refractivity contribution is -0.134. The standard InChI is InChI=1S/C17H21N3O3/c1-3-11-6-4-5-7-13(11)18-14(21)10-20-15(22)17(2,12-8-9-12)19-16(20)23/h4-7,12H,3,8-10H2,1-2H3,(H,18,21)(H,19,23). The Balaban J connectivity index is 1.68. The molecule has 3 rings (SSSR count). The van der Waals surface area contributed by atoms with E-state index in [1.54, 1.807) is 6.92 Å². The summed E-state index contributed by atoms with van der Waals surface area (Å²) < 4.78 is 0. The minimum atomic E-state index is -0.849. The summed E-state index contributed by atoms with van der Waals surface area (Å²) in [6, 6.07) is 7.02. The van der Waals surface area contributed by atoms with Gasteiger partial charge in [-0.2, -0.15) is 0 Å². The Kier molecular flexibility index (Phi) is 3.83. The van der Waals surface area contributed by atoms with Gasteiger partial charge in [-0.25, -0.2) is 4.79 Å². The van der Waals surface area contributed by atoms with Crippen molar-refractivity contribution in [2.24, 2.45) is 5.92 Å². The summed E-state index contributed by atoms with van der Waals surface area (Å²) in [6.45, 7) is 3.49. The first kappa shape index (κ1) is 15.5. The largest absolute Gasteiger partial charge is 0.325 e. The summed E-state index contributed by atoms with van der Waals surface area (Å²) in [4.78, 5) is 37.8. The molecule has 0 bridgehead atoms. The number of carbonyl (C=O) groups is 3. The topological polar surface area (TPSA) is 78.5 Å². The maximum absolute atomic E-state index is 12.5. The highest BCUT2D eigenvalue weighted by Crippen LogP contribution is 2.42. The number of hydrogen-bond acceptors (Lipinski definition) is 3. The second kappa shape index (κ2) is 5.68. The molecule has 2 N–H and O–H groups in total. The van der Waals surface area contributed by atoms with Gasteiger partial charge in [0.1, 0.15) is 12.1 Å². The van der Waals surface area contributed by atoms with Gasteiger partial charge in [0, 0.05) is 5.69 Å². The Labute approximate surface area is 135 Å². The van der Waals surface area contributed by atoms with Crippen LogP contribution >= 0.6 is 0 Å². The van der Waals surface area contributed by atoms with Crippen LogP contribution in [0.3, 0.4) is 0 Å². The Morgan fingerprint density at radius 1 is 1.35 bits per heavy atom. The second-order valence-electron chi connectivity index (χ2n) is 6.36. The van der Waals surface area contributed by atoms with Gasteiger partial charge in [0.25, 0.3) is 5.91 Å². The third-order valence-corrected chi connectivity index (χ3v) is 4.67. The quantitative estimate of drug-likeness (QED) is 0.815. The number of hydrogen-bond donors (Lipinski definition) is 2. The molecule has 6 heteroatoms. The first-order valence-electron chi connectivity index (χ1n) is 7.97. The molecule has 6 nitrogen and oxygen atoms in total. The van der Waals surface area contributed by atoms with Gasteiger partial charge in [-0.05, 0) is 43.7 Å². The van der Waals surface area contributed by atoms with E-state index in [0.717, 1.165) is 35.4 Å². The fraction of sp³-hybridized carbons (Fsp3) is 0.471. The van der Waals surface area contributed by atoms with E-state index in [-0.39, 0.29) is 24.3 Å². The molecule has 1 aromatic rings. The van der Waals surface area contributed by atoms with Crippen LogP contribution in [0.1, 0.15) is 32.3 Å². The first-order valence-corrected chi connectivity index (χ1v) is 7.97. The summed E-state index contributed by atoms with van der Waals surface area (Å²) in [5, 5.41) is 5.53. The van der Waals surface area contributed by atoms with E-state index >= 15 is 0 Å². The lowest BCUT2D eigenvalue weighted by atomic mass is 9.96. The van der Waals surface area contributed by atoms with Crippen LogP contribution in [-0.4, -0.2) is 34.8 Å². The lowest BCUT2D eigenvalue weighted by Gasteiger charge is -2.20. The summed E-state index contributed by atoms with van der Waals surface area (Å²) in [5.41, 5.74) is 0.886. The fourth-order valence-electron chi connectivity index (χ4n) is 3.08. The van der Waals surface area contributed by atoms with Crippen molar-refractivity contribution >= 4 is 23.5 Å². The van der Waals surface area contributed by atoms with Crippen LogP contribution in [0.25, 0.3) is 0 Å². The second-order valence-corrected chi connectivity index (χ2v) is 6.36. The van der Waals surface area contributed by atoms with Gasteiger partial charge in [-0.1, -0.05) is 25.1 Å². The summed E-state index contributed by atoms with van der Waals surface area (Å²) in [7, 11) is 0. The Morgan fingerprint density at radius 2 is 2.04 bits per heavy atom. The van der Waals surface area contributed by atoms with E-state index in [9.17, 15) is 14.4 Å². The molecule has 1 aliphatic heterocycles. The SMILES string of the molecule is CCc1ccccc1NC(=O)CN1C(=O)NC(C)(C2CC2)C1=O. The zero-order valence-electron chi connectivity index (χ0n) is 13.4. The van der Waals surface area contributed by atoms with Gasteiger partial charge in [0.2, 0.25) is 5.91 Å². The number of rotatable bonds is 5. The van der Waals surface area contributed by atoms with Crippen LogP contribution in [0.15, 0.2) is 24.3 Å². The Morgan fingerprint density at radius 3 is 2.70 bits per heavy atom. The number of anilines is 1. The van der Waals surface area contributed by atoms with E-state index in [1.165, 1.54) is 0 Å². The average molecular weight is 315 g/mol. The number of aryl methyl sites for hydroxylation is 1. The van der Waals surface area contributed by atoms with Gasteiger partial charge in [0.05, 0.1) is 0 Å². The van der Waals surface area contributed by atoms with Crippen molar-refractivity contribution < 1.29 is 14.4 Å². The van der Waals surface area contributed by atoms with Crippen molar-refractivity contribution in [3.05, 3.63) is 29.8 Å². The van der Waals surface area contributed by atoms with Crippen LogP contribution in [0, 0.1) is 5.92 Å². The maximum Gasteiger partial charge on any atom is 0.325 e. The van der Waals surface area contributed by atoms with Crippen molar-refractivity contribution in [1.29, 1.82) is 0 Å². The number of para-hydroxylation sites is 1. The molecular weight excluding hydrogens is 294 g/mol. The molecule has 1 aromatic carbocycles. The predicted octanol–water partition coefficient (Wildman–Crippen LogP) is 1.91. The minimum Gasteiger partial charge on any atom is -0.324 e. The monoisotopic (exact) mass is 315 g/mol. The molecule has 1 aliphatic carbocycles. The molecular formula is C17H21N3O3. The van der Waals surface area contributed by atoms with Crippen LogP contribution in [0.4, 0.5) is 10.5 Å². The number of carbonyl (C=O) groups excluding carboxylic acids is 3. The molecule has 4 amide bonds. The summed E-state index contributed by atoms with van der Waals surface area (Å²) >= 11 is 0. The molecule has 1 unspecified atom stereocenters. The highest BCUT2D eigenvalue weighted by Gasteiger charge is 2.56. The van der Waals surface area contributed by atoms with Crippen molar-refractivity contribution in [2.45, 2.75) is 38.6 Å². The molecule has 0 aromatic heterocycles. The lowest BCUT2D eigenvalue weighted by Crippen LogP contribution is -2.46. The molecule has 2 fully saturated rings. The zero-order valence-corrected chi connectivity index (χ0v) is 13.4. The molecule has 1 heterocycles. The highest BCUT2D eigenvalue weighted by molar-refractivity contribution is 6.10. The molecule has 0 radical (unpaired) electrons. The van der Waals surface area contributed by atoms with Crippen LogP contribution < -0.4 is 10.6 Å². The predicted molar refractivity (Wildman–Crippen MR) is 85.8 cm³/mol. The third kappa shape index (κ3) is 2.81. The molecule has 23 heavy (non-hydrogen) atoms. The number of nitrogens with zero attached hydrogens (tertiary/aromatic N) is 1. The fourth-order valence-corrected chi connectivity index (χ4v) is 3.08. The number of nitrogens with one attached hydrogen (secondary N) is 2. The minimum absolute atomic E-state index is 0.188. The number of benzene rings is 1. The van der Waals surface area contributed by atoms with E-state index in [2.05, 4.69) is 10.6 Å². The molecule has 1 saturated heterocycles. The molecule has 1 saturated carbocycles. The maximum atomic E-state index is 12.5. The van der Waals surface area contributed by atoms with Crippen molar-refractivity contribution in [1.82, 2.24) is 10.2 Å².